The van der Waals surface area contributed by atoms with E-state index in [4.69, 9.17) is 15.0 Å². The Labute approximate surface area is 83.6 Å². The molecule has 80 valence electrons. The second-order valence-corrected chi connectivity index (χ2v) is 3.08. The molecular formula is C9H17N3O2. The highest BCUT2D eigenvalue weighted by Gasteiger charge is 2.13. The number of ether oxygens (including phenoxy) is 1. The standard InChI is InChI=1S/C9H17N3O2/c1-3-5-7(10)9-11-8(12-14-9)6-13-4-2/h7H,3-6,10H2,1-2H3/t7-/m1/s1. The normalized spacial score (nSPS) is 13.1. The van der Waals surface area contributed by atoms with Crippen LogP contribution in [0.25, 0.3) is 0 Å². The molecule has 0 amide bonds. The average Bonchev–Trinajstić information content (AvgIpc) is 2.63. The summed E-state index contributed by atoms with van der Waals surface area (Å²) in [5, 5.41) is 3.77. The highest BCUT2D eigenvalue weighted by Crippen LogP contribution is 2.13. The Hall–Kier alpha value is -0.940. The van der Waals surface area contributed by atoms with Crippen LogP contribution in [0.3, 0.4) is 0 Å². The quantitative estimate of drug-likeness (QED) is 0.749. The first-order valence-electron chi connectivity index (χ1n) is 4.93. The topological polar surface area (TPSA) is 74.2 Å². The average molecular weight is 199 g/mol. The summed E-state index contributed by atoms with van der Waals surface area (Å²) in [5.74, 6) is 1.06. The maximum Gasteiger partial charge on any atom is 0.243 e. The van der Waals surface area contributed by atoms with Gasteiger partial charge in [0.15, 0.2) is 5.82 Å². The monoisotopic (exact) mass is 199 g/mol. The van der Waals surface area contributed by atoms with Crippen LogP contribution in [0.15, 0.2) is 4.52 Å². The molecule has 0 aliphatic heterocycles. The van der Waals surface area contributed by atoms with Gasteiger partial charge in [-0.1, -0.05) is 18.5 Å². The maximum atomic E-state index is 5.81. The van der Waals surface area contributed by atoms with Crippen LogP contribution >= 0.6 is 0 Å². The Kier molecular flexibility index (Phi) is 4.55. The zero-order valence-electron chi connectivity index (χ0n) is 8.69. The van der Waals surface area contributed by atoms with Gasteiger partial charge in [0.2, 0.25) is 5.89 Å². The van der Waals surface area contributed by atoms with Crippen molar-refractivity contribution in [3.63, 3.8) is 0 Å². The minimum Gasteiger partial charge on any atom is -0.374 e. The molecule has 0 aliphatic rings. The van der Waals surface area contributed by atoms with E-state index in [1.165, 1.54) is 0 Å². The molecule has 0 aromatic carbocycles. The number of hydrogen-bond acceptors (Lipinski definition) is 5. The van der Waals surface area contributed by atoms with Gasteiger partial charge in [-0.2, -0.15) is 4.98 Å². The van der Waals surface area contributed by atoms with Crippen LogP contribution in [0.4, 0.5) is 0 Å². The van der Waals surface area contributed by atoms with Crippen LogP contribution in [0.1, 0.15) is 44.4 Å². The molecule has 0 unspecified atom stereocenters. The predicted molar refractivity (Wildman–Crippen MR) is 51.5 cm³/mol. The van der Waals surface area contributed by atoms with Crippen molar-refractivity contribution in [2.75, 3.05) is 6.61 Å². The fraction of sp³-hybridized carbons (Fsp3) is 0.778. The van der Waals surface area contributed by atoms with Crippen LogP contribution < -0.4 is 5.73 Å². The lowest BCUT2D eigenvalue weighted by Crippen LogP contribution is -2.10. The fourth-order valence-corrected chi connectivity index (χ4v) is 1.10. The van der Waals surface area contributed by atoms with Gasteiger partial charge in [-0.15, -0.1) is 0 Å². The van der Waals surface area contributed by atoms with Gasteiger partial charge in [-0.05, 0) is 13.3 Å². The van der Waals surface area contributed by atoms with Gasteiger partial charge in [0, 0.05) is 6.61 Å². The van der Waals surface area contributed by atoms with Crippen LogP contribution in [-0.4, -0.2) is 16.7 Å². The molecular weight excluding hydrogens is 182 g/mol. The molecule has 1 aromatic heterocycles. The van der Waals surface area contributed by atoms with Crippen LogP contribution in [-0.2, 0) is 11.3 Å². The Bertz CT molecular complexity index is 262. The Morgan fingerprint density at radius 1 is 1.50 bits per heavy atom. The number of rotatable bonds is 6. The van der Waals surface area contributed by atoms with Crippen molar-refractivity contribution < 1.29 is 9.26 Å². The SMILES string of the molecule is CCC[C@@H](N)c1nc(COCC)no1. The number of hydrogen-bond donors (Lipinski definition) is 1. The minimum atomic E-state index is -0.150. The van der Waals surface area contributed by atoms with Crippen LogP contribution in [0, 0.1) is 0 Å². The predicted octanol–water partition coefficient (Wildman–Crippen LogP) is 1.41. The molecule has 1 atom stereocenters. The summed E-state index contributed by atoms with van der Waals surface area (Å²) >= 11 is 0. The summed E-state index contributed by atoms with van der Waals surface area (Å²) in [6, 6.07) is -0.150. The molecule has 0 bridgehead atoms. The van der Waals surface area contributed by atoms with E-state index in [-0.39, 0.29) is 6.04 Å². The largest absolute Gasteiger partial charge is 0.374 e. The first kappa shape index (κ1) is 11.1. The molecule has 0 radical (unpaired) electrons. The van der Waals surface area contributed by atoms with Crippen molar-refractivity contribution in [3.8, 4) is 0 Å². The van der Waals surface area contributed by atoms with Gasteiger partial charge >= 0.3 is 0 Å². The summed E-state index contributed by atoms with van der Waals surface area (Å²) in [7, 11) is 0. The van der Waals surface area contributed by atoms with Gasteiger partial charge in [-0.3, -0.25) is 0 Å². The molecule has 5 heteroatoms. The minimum absolute atomic E-state index is 0.150. The molecule has 5 nitrogen and oxygen atoms in total. The van der Waals surface area contributed by atoms with Crippen molar-refractivity contribution in [3.05, 3.63) is 11.7 Å². The summed E-state index contributed by atoms with van der Waals surface area (Å²) in [5.41, 5.74) is 5.81. The first-order valence-corrected chi connectivity index (χ1v) is 4.93. The van der Waals surface area contributed by atoms with E-state index in [1.54, 1.807) is 0 Å². The van der Waals surface area contributed by atoms with Gasteiger partial charge in [0.25, 0.3) is 0 Å². The first-order chi connectivity index (χ1) is 6.77. The molecule has 2 N–H and O–H groups in total. The van der Waals surface area contributed by atoms with E-state index in [1.807, 2.05) is 6.92 Å². The van der Waals surface area contributed by atoms with E-state index in [0.717, 1.165) is 12.8 Å². The number of nitrogens with zero attached hydrogens (tertiary/aromatic N) is 2. The maximum absolute atomic E-state index is 5.81. The Balaban J connectivity index is 2.49. The van der Waals surface area contributed by atoms with Crippen LogP contribution in [0.5, 0.6) is 0 Å². The lowest BCUT2D eigenvalue weighted by Gasteiger charge is -2.02. The van der Waals surface area contributed by atoms with Gasteiger partial charge < -0.3 is 15.0 Å². The molecule has 0 spiro atoms. The lowest BCUT2D eigenvalue weighted by molar-refractivity contribution is 0.126. The summed E-state index contributed by atoms with van der Waals surface area (Å²) in [6.45, 7) is 5.02. The zero-order valence-corrected chi connectivity index (χ0v) is 8.69. The second-order valence-electron chi connectivity index (χ2n) is 3.08. The van der Waals surface area contributed by atoms with E-state index in [9.17, 15) is 0 Å². The smallest absolute Gasteiger partial charge is 0.243 e. The van der Waals surface area contributed by atoms with E-state index in [2.05, 4.69) is 17.1 Å². The Morgan fingerprint density at radius 2 is 2.29 bits per heavy atom. The molecule has 0 saturated heterocycles. The molecule has 14 heavy (non-hydrogen) atoms. The van der Waals surface area contributed by atoms with Crippen molar-refractivity contribution >= 4 is 0 Å². The van der Waals surface area contributed by atoms with Gasteiger partial charge in [0.1, 0.15) is 6.61 Å². The lowest BCUT2D eigenvalue weighted by atomic mass is 10.2. The molecule has 0 aliphatic carbocycles. The second kappa shape index (κ2) is 5.72. The van der Waals surface area contributed by atoms with Crippen molar-refractivity contribution in [2.24, 2.45) is 5.73 Å². The third kappa shape index (κ3) is 3.08. The third-order valence-corrected chi connectivity index (χ3v) is 1.84. The van der Waals surface area contributed by atoms with E-state index < -0.39 is 0 Å². The third-order valence-electron chi connectivity index (χ3n) is 1.84. The zero-order chi connectivity index (χ0) is 10.4. The van der Waals surface area contributed by atoms with Crippen molar-refractivity contribution in [1.29, 1.82) is 0 Å². The molecule has 1 rings (SSSR count). The molecule has 0 fully saturated rings. The molecule has 1 aromatic rings. The van der Waals surface area contributed by atoms with E-state index in [0.29, 0.717) is 24.9 Å². The van der Waals surface area contributed by atoms with Gasteiger partial charge in [0.05, 0.1) is 6.04 Å². The number of nitrogens with two attached hydrogens (primary N) is 1. The number of aromatic nitrogens is 2. The van der Waals surface area contributed by atoms with Crippen molar-refractivity contribution in [2.45, 2.75) is 39.3 Å². The summed E-state index contributed by atoms with van der Waals surface area (Å²) in [6.07, 6.45) is 1.86. The summed E-state index contributed by atoms with van der Waals surface area (Å²) < 4.78 is 10.2. The molecule has 0 saturated carbocycles. The molecule has 1 heterocycles. The van der Waals surface area contributed by atoms with Gasteiger partial charge in [-0.25, -0.2) is 0 Å². The van der Waals surface area contributed by atoms with E-state index >= 15 is 0 Å². The Morgan fingerprint density at radius 3 is 2.93 bits per heavy atom. The summed E-state index contributed by atoms with van der Waals surface area (Å²) in [4.78, 5) is 4.14. The highest BCUT2D eigenvalue weighted by atomic mass is 16.5. The fourth-order valence-electron chi connectivity index (χ4n) is 1.10. The van der Waals surface area contributed by atoms with Crippen LogP contribution in [0.2, 0.25) is 0 Å². The highest BCUT2D eigenvalue weighted by molar-refractivity contribution is 4.90. The van der Waals surface area contributed by atoms with Crippen molar-refractivity contribution in [1.82, 2.24) is 10.1 Å².